The molecule has 0 fully saturated rings. The summed E-state index contributed by atoms with van der Waals surface area (Å²) >= 11 is 5.28. The van der Waals surface area contributed by atoms with Gasteiger partial charge in [0.05, 0.1) is 9.95 Å². The fraction of sp³-hybridized carbons (Fsp3) is 0.250. The number of hydrogen-bond donors (Lipinski definition) is 0. The van der Waals surface area contributed by atoms with E-state index in [4.69, 9.17) is 11.6 Å². The number of alkyl halides is 3. The number of rotatable bonds is 1. The summed E-state index contributed by atoms with van der Waals surface area (Å²) in [6.45, 7) is 1.13. The molecule has 8 heteroatoms. The van der Waals surface area contributed by atoms with Gasteiger partial charge in [-0.1, -0.05) is 11.6 Å². The van der Waals surface area contributed by atoms with E-state index in [1.165, 1.54) is 0 Å². The van der Waals surface area contributed by atoms with Crippen molar-refractivity contribution in [1.82, 2.24) is 0 Å². The maximum atomic E-state index is 13.2. The molecule has 0 spiro atoms. The summed E-state index contributed by atoms with van der Waals surface area (Å²) in [6, 6.07) is 0.660. The predicted molar refractivity (Wildman–Crippen MR) is 47.8 cm³/mol. The molecule has 0 N–H and O–H groups in total. The van der Waals surface area contributed by atoms with E-state index >= 15 is 0 Å². The Kier molecular flexibility index (Phi) is 3.09. The van der Waals surface area contributed by atoms with Crippen LogP contribution in [0, 0.1) is 22.9 Å². The van der Waals surface area contributed by atoms with Gasteiger partial charge >= 0.3 is 11.9 Å². The Morgan fingerprint density at radius 3 is 2.31 bits per heavy atom. The highest BCUT2D eigenvalue weighted by Crippen LogP contribution is 2.41. The van der Waals surface area contributed by atoms with E-state index in [0.29, 0.717) is 6.07 Å². The third kappa shape index (κ3) is 2.08. The lowest BCUT2D eigenvalue weighted by atomic mass is 10.1. The molecule has 0 unspecified atom stereocenters. The van der Waals surface area contributed by atoms with E-state index in [1.54, 1.807) is 0 Å². The number of halogens is 5. The van der Waals surface area contributed by atoms with E-state index in [0.717, 1.165) is 6.92 Å². The lowest BCUT2D eigenvalue weighted by molar-refractivity contribution is -0.387. The van der Waals surface area contributed by atoms with Crippen molar-refractivity contribution in [3.63, 3.8) is 0 Å². The summed E-state index contributed by atoms with van der Waals surface area (Å²) < 4.78 is 50.4. The molecule has 0 aliphatic carbocycles. The van der Waals surface area contributed by atoms with Gasteiger partial charge in [0.2, 0.25) is 5.82 Å². The molecule has 0 bridgehead atoms. The zero-order valence-electron chi connectivity index (χ0n) is 7.73. The first-order valence-electron chi connectivity index (χ1n) is 3.86. The molecular formula is C8H4ClF4NO2. The number of nitro groups is 1. The van der Waals surface area contributed by atoms with Crippen molar-refractivity contribution in [1.29, 1.82) is 0 Å². The number of nitro benzene ring substituents is 1. The second-order valence-corrected chi connectivity index (χ2v) is 3.35. The van der Waals surface area contributed by atoms with Crippen LogP contribution in [0.15, 0.2) is 6.07 Å². The highest BCUT2D eigenvalue weighted by atomic mass is 35.5. The monoisotopic (exact) mass is 257 g/mol. The first-order chi connectivity index (χ1) is 7.16. The number of benzene rings is 1. The number of aryl methyl sites for hydroxylation is 1. The first-order valence-corrected chi connectivity index (χ1v) is 4.24. The van der Waals surface area contributed by atoms with Crippen molar-refractivity contribution in [3.05, 3.63) is 38.1 Å². The van der Waals surface area contributed by atoms with Crippen LogP contribution in [0.2, 0.25) is 5.02 Å². The van der Waals surface area contributed by atoms with Crippen LogP contribution in [0.4, 0.5) is 23.2 Å². The van der Waals surface area contributed by atoms with E-state index < -0.39 is 33.2 Å². The van der Waals surface area contributed by atoms with Crippen LogP contribution in [0.3, 0.4) is 0 Å². The zero-order valence-corrected chi connectivity index (χ0v) is 8.49. The summed E-state index contributed by atoms with van der Waals surface area (Å²) in [6.07, 6.45) is -5.07. The van der Waals surface area contributed by atoms with E-state index in [2.05, 4.69) is 0 Å². The molecule has 0 atom stereocenters. The Morgan fingerprint density at radius 2 is 1.94 bits per heavy atom. The Balaban J connectivity index is 3.66. The maximum absolute atomic E-state index is 13.2. The first kappa shape index (κ1) is 12.7. The largest absolute Gasteiger partial charge is 0.420 e. The minimum Gasteiger partial charge on any atom is -0.258 e. The summed E-state index contributed by atoms with van der Waals surface area (Å²) in [5.74, 6) is -1.96. The van der Waals surface area contributed by atoms with Crippen molar-refractivity contribution in [2.75, 3.05) is 0 Å². The number of nitrogens with zero attached hydrogens (tertiary/aromatic N) is 1. The normalized spacial score (nSPS) is 11.6. The fourth-order valence-corrected chi connectivity index (χ4v) is 1.38. The molecule has 0 amide bonds. The Labute approximate surface area is 91.8 Å². The van der Waals surface area contributed by atoms with Crippen LogP contribution in [0.1, 0.15) is 11.1 Å². The molecule has 3 nitrogen and oxygen atoms in total. The van der Waals surface area contributed by atoms with Crippen molar-refractivity contribution in [2.45, 2.75) is 13.1 Å². The summed E-state index contributed by atoms with van der Waals surface area (Å²) in [7, 11) is 0. The summed E-state index contributed by atoms with van der Waals surface area (Å²) in [4.78, 5) is 9.09. The lowest BCUT2D eigenvalue weighted by Gasteiger charge is -2.11. The van der Waals surface area contributed by atoms with E-state index in [-0.39, 0.29) is 5.56 Å². The Bertz CT molecular complexity index is 458. The molecule has 0 saturated heterocycles. The van der Waals surface area contributed by atoms with Crippen LogP contribution >= 0.6 is 11.6 Å². The Morgan fingerprint density at radius 1 is 1.44 bits per heavy atom. The van der Waals surface area contributed by atoms with Gasteiger partial charge < -0.3 is 0 Å². The molecule has 1 aromatic rings. The van der Waals surface area contributed by atoms with Crippen molar-refractivity contribution in [3.8, 4) is 0 Å². The second kappa shape index (κ2) is 3.89. The molecule has 88 valence electrons. The molecule has 0 radical (unpaired) electrons. The topological polar surface area (TPSA) is 43.1 Å². The van der Waals surface area contributed by atoms with Crippen LogP contribution < -0.4 is 0 Å². The third-order valence-corrected chi connectivity index (χ3v) is 2.33. The van der Waals surface area contributed by atoms with Crippen molar-refractivity contribution >= 4 is 17.3 Å². The predicted octanol–water partition coefficient (Wildman–Crippen LogP) is 3.71. The molecule has 0 saturated carbocycles. The average Bonchev–Trinajstić information content (AvgIpc) is 2.08. The standard InChI is InChI=1S/C8H4ClF4NO2/c1-3-2-4(14(15)16)7(10)5(6(3)9)8(11,12)13/h2H,1H3. The lowest BCUT2D eigenvalue weighted by Crippen LogP contribution is -2.12. The Hall–Kier alpha value is -1.37. The molecule has 16 heavy (non-hydrogen) atoms. The molecule has 0 aliphatic heterocycles. The van der Waals surface area contributed by atoms with E-state index in [1.807, 2.05) is 0 Å². The van der Waals surface area contributed by atoms with Gasteiger partial charge in [0.25, 0.3) is 0 Å². The van der Waals surface area contributed by atoms with Gasteiger partial charge in [-0.3, -0.25) is 10.1 Å². The van der Waals surface area contributed by atoms with Gasteiger partial charge in [0, 0.05) is 6.07 Å². The van der Waals surface area contributed by atoms with Gasteiger partial charge in [0.15, 0.2) is 0 Å². The highest BCUT2D eigenvalue weighted by Gasteiger charge is 2.40. The van der Waals surface area contributed by atoms with Crippen LogP contribution in [0.25, 0.3) is 0 Å². The molecule has 0 aliphatic rings. The van der Waals surface area contributed by atoms with Crippen molar-refractivity contribution < 1.29 is 22.5 Å². The number of hydrogen-bond acceptors (Lipinski definition) is 2. The van der Waals surface area contributed by atoms with Crippen LogP contribution in [0.5, 0.6) is 0 Å². The van der Waals surface area contributed by atoms with Gasteiger partial charge in [-0.15, -0.1) is 0 Å². The molecule has 1 rings (SSSR count). The SMILES string of the molecule is Cc1cc([N+](=O)[O-])c(F)c(C(F)(F)F)c1Cl. The van der Waals surface area contributed by atoms with Crippen LogP contribution in [-0.2, 0) is 6.18 Å². The molecular weight excluding hydrogens is 254 g/mol. The minimum atomic E-state index is -5.07. The summed E-state index contributed by atoms with van der Waals surface area (Å²) in [5, 5.41) is 9.45. The quantitative estimate of drug-likeness (QED) is 0.437. The van der Waals surface area contributed by atoms with Crippen LogP contribution in [-0.4, -0.2) is 4.92 Å². The fourth-order valence-electron chi connectivity index (χ4n) is 1.14. The van der Waals surface area contributed by atoms with Crippen molar-refractivity contribution in [2.24, 2.45) is 0 Å². The van der Waals surface area contributed by atoms with E-state index in [9.17, 15) is 27.7 Å². The maximum Gasteiger partial charge on any atom is 0.420 e. The average molecular weight is 258 g/mol. The van der Waals surface area contributed by atoms with Gasteiger partial charge in [-0.05, 0) is 12.5 Å². The summed E-state index contributed by atoms with van der Waals surface area (Å²) in [5.41, 5.74) is -3.25. The van der Waals surface area contributed by atoms with Gasteiger partial charge in [-0.2, -0.15) is 17.6 Å². The molecule has 0 heterocycles. The van der Waals surface area contributed by atoms with Gasteiger partial charge in [-0.25, -0.2) is 0 Å². The zero-order chi connectivity index (χ0) is 12.7. The smallest absolute Gasteiger partial charge is 0.258 e. The minimum absolute atomic E-state index is 0.206. The second-order valence-electron chi connectivity index (χ2n) is 2.97. The van der Waals surface area contributed by atoms with Gasteiger partial charge in [0.1, 0.15) is 5.56 Å². The third-order valence-electron chi connectivity index (χ3n) is 1.84. The molecule has 0 aromatic heterocycles. The highest BCUT2D eigenvalue weighted by molar-refractivity contribution is 6.32. The molecule has 1 aromatic carbocycles.